The van der Waals surface area contributed by atoms with E-state index in [4.69, 9.17) is 0 Å². The molecule has 128 valence electrons. The van der Waals surface area contributed by atoms with Gasteiger partial charge in [0, 0.05) is 49.1 Å². The monoisotopic (exact) mass is 354 g/mol. The number of aromatic nitrogens is 1. The van der Waals surface area contributed by atoms with E-state index in [2.05, 4.69) is 31.9 Å². The fourth-order valence-corrected chi connectivity index (χ4v) is 4.99. The Kier molecular flexibility index (Phi) is 5.96. The molecule has 0 spiro atoms. The van der Waals surface area contributed by atoms with Gasteiger partial charge < -0.3 is 5.32 Å². The molecule has 1 aromatic rings. The molecular formula is C16H26N4OS2. The predicted molar refractivity (Wildman–Crippen MR) is 98.4 cm³/mol. The van der Waals surface area contributed by atoms with Gasteiger partial charge in [-0.2, -0.15) is 11.8 Å². The summed E-state index contributed by atoms with van der Waals surface area (Å²) in [5, 5.41) is 5.62. The Morgan fingerprint density at radius 2 is 2.00 bits per heavy atom. The Bertz CT molecular complexity index is 522. The maximum atomic E-state index is 12.4. The van der Waals surface area contributed by atoms with Gasteiger partial charge in [-0.05, 0) is 26.7 Å². The van der Waals surface area contributed by atoms with E-state index in [0.29, 0.717) is 11.2 Å². The summed E-state index contributed by atoms with van der Waals surface area (Å²) < 4.78 is 0. The molecule has 0 aliphatic carbocycles. The topological polar surface area (TPSA) is 48.5 Å². The number of carbonyl (C=O) groups excluding carboxylic acids is 1. The van der Waals surface area contributed by atoms with Crippen molar-refractivity contribution < 1.29 is 4.79 Å². The molecule has 2 aliphatic rings. The van der Waals surface area contributed by atoms with Crippen LogP contribution in [-0.4, -0.2) is 70.5 Å². The number of thioether (sulfide) groups is 1. The molecule has 2 aliphatic heterocycles. The largest absolute Gasteiger partial charge is 0.301 e. The molecule has 0 aromatic carbocycles. The van der Waals surface area contributed by atoms with Gasteiger partial charge in [-0.3, -0.25) is 14.6 Å². The lowest BCUT2D eigenvalue weighted by Gasteiger charge is -2.41. The Hall–Kier alpha value is -0.630. The van der Waals surface area contributed by atoms with Crippen LogP contribution in [0.5, 0.6) is 0 Å². The van der Waals surface area contributed by atoms with Crippen molar-refractivity contribution in [3.8, 4) is 0 Å². The summed E-state index contributed by atoms with van der Waals surface area (Å²) in [7, 11) is 0. The number of nitrogens with one attached hydrogen (secondary N) is 1. The molecule has 23 heavy (non-hydrogen) atoms. The van der Waals surface area contributed by atoms with E-state index < -0.39 is 0 Å². The summed E-state index contributed by atoms with van der Waals surface area (Å²) in [5.74, 6) is 2.60. The number of carbonyl (C=O) groups is 1. The molecule has 5 nitrogen and oxygen atoms in total. The van der Waals surface area contributed by atoms with Gasteiger partial charge in [-0.15, -0.1) is 11.3 Å². The van der Waals surface area contributed by atoms with Gasteiger partial charge in [-0.1, -0.05) is 0 Å². The van der Waals surface area contributed by atoms with E-state index in [-0.39, 0.29) is 11.9 Å². The zero-order valence-electron chi connectivity index (χ0n) is 14.0. The van der Waals surface area contributed by atoms with Crippen LogP contribution >= 0.6 is 23.1 Å². The van der Waals surface area contributed by atoms with Crippen molar-refractivity contribution in [2.24, 2.45) is 0 Å². The zero-order valence-corrected chi connectivity index (χ0v) is 15.6. The quantitative estimate of drug-likeness (QED) is 0.899. The van der Waals surface area contributed by atoms with E-state index in [1.54, 1.807) is 0 Å². The lowest BCUT2D eigenvalue weighted by molar-refractivity contribution is -0.121. The van der Waals surface area contributed by atoms with Crippen LogP contribution in [0.15, 0.2) is 5.38 Å². The average Bonchev–Trinajstić information content (AvgIpc) is 3.00. The standard InChI is InChI=1S/C16H26N4OS2/c1-12-11-23-16(17-12)18-15(21)13(2)19-5-3-14(4-6-19)20-7-9-22-10-8-20/h11,13-14H,3-10H2,1-2H3,(H,17,18,21)/t13-/m1/s1. The Labute approximate surface area is 146 Å². The summed E-state index contributed by atoms with van der Waals surface area (Å²) in [4.78, 5) is 21.7. The minimum Gasteiger partial charge on any atom is -0.301 e. The van der Waals surface area contributed by atoms with Gasteiger partial charge >= 0.3 is 0 Å². The van der Waals surface area contributed by atoms with Gasteiger partial charge in [0.15, 0.2) is 5.13 Å². The highest BCUT2D eigenvalue weighted by Crippen LogP contribution is 2.22. The van der Waals surface area contributed by atoms with Crippen LogP contribution in [0.25, 0.3) is 0 Å². The molecule has 0 saturated carbocycles. The molecule has 0 radical (unpaired) electrons. The molecule has 0 unspecified atom stereocenters. The highest BCUT2D eigenvalue weighted by atomic mass is 32.2. The highest BCUT2D eigenvalue weighted by Gasteiger charge is 2.30. The first-order valence-electron chi connectivity index (χ1n) is 8.42. The maximum absolute atomic E-state index is 12.4. The van der Waals surface area contributed by atoms with E-state index in [1.807, 2.05) is 19.2 Å². The van der Waals surface area contributed by atoms with Crippen LogP contribution in [0.4, 0.5) is 5.13 Å². The second-order valence-corrected chi connectivity index (χ2v) is 8.46. The minimum absolute atomic E-state index is 0.0622. The van der Waals surface area contributed by atoms with Gasteiger partial charge in [0.25, 0.3) is 0 Å². The Balaban J connectivity index is 1.47. The Morgan fingerprint density at radius 1 is 1.30 bits per heavy atom. The molecular weight excluding hydrogens is 328 g/mol. The van der Waals surface area contributed by atoms with Crippen molar-refractivity contribution in [2.75, 3.05) is 43.0 Å². The molecule has 2 fully saturated rings. The summed E-state index contributed by atoms with van der Waals surface area (Å²) >= 11 is 3.56. The summed E-state index contributed by atoms with van der Waals surface area (Å²) in [6.07, 6.45) is 2.36. The number of piperidine rings is 1. The van der Waals surface area contributed by atoms with Crippen molar-refractivity contribution in [1.82, 2.24) is 14.8 Å². The molecule has 2 saturated heterocycles. The second kappa shape index (κ2) is 7.96. The number of thiazole rings is 1. The average molecular weight is 355 g/mol. The summed E-state index contributed by atoms with van der Waals surface area (Å²) in [6, 6.07) is 0.626. The van der Waals surface area contributed by atoms with Gasteiger partial charge in [-0.25, -0.2) is 4.98 Å². The fraction of sp³-hybridized carbons (Fsp3) is 0.750. The van der Waals surface area contributed by atoms with Crippen molar-refractivity contribution in [3.63, 3.8) is 0 Å². The molecule has 3 rings (SSSR count). The number of nitrogens with zero attached hydrogens (tertiary/aromatic N) is 3. The molecule has 3 heterocycles. The first kappa shape index (κ1) is 17.2. The molecule has 1 atom stereocenters. The van der Waals surface area contributed by atoms with E-state index >= 15 is 0 Å². The molecule has 7 heteroatoms. The molecule has 1 N–H and O–H groups in total. The maximum Gasteiger partial charge on any atom is 0.243 e. The highest BCUT2D eigenvalue weighted by molar-refractivity contribution is 7.99. The molecule has 1 aromatic heterocycles. The summed E-state index contributed by atoms with van der Waals surface area (Å²) in [6.45, 7) is 8.44. The van der Waals surface area contributed by atoms with E-state index in [1.165, 1.54) is 48.8 Å². The summed E-state index contributed by atoms with van der Waals surface area (Å²) in [5.41, 5.74) is 0.957. The molecule has 0 bridgehead atoms. The van der Waals surface area contributed by atoms with Crippen molar-refractivity contribution in [3.05, 3.63) is 11.1 Å². The molecule has 1 amide bonds. The minimum atomic E-state index is -0.0860. The lowest BCUT2D eigenvalue weighted by atomic mass is 10.0. The van der Waals surface area contributed by atoms with Crippen LogP contribution in [0, 0.1) is 6.92 Å². The van der Waals surface area contributed by atoms with Crippen LogP contribution in [0.3, 0.4) is 0 Å². The second-order valence-electron chi connectivity index (χ2n) is 6.37. The van der Waals surface area contributed by atoms with Crippen LogP contribution in [-0.2, 0) is 4.79 Å². The smallest absolute Gasteiger partial charge is 0.243 e. The first-order valence-corrected chi connectivity index (χ1v) is 10.5. The third-order valence-electron chi connectivity index (χ3n) is 4.84. The van der Waals surface area contributed by atoms with Crippen molar-refractivity contribution in [1.29, 1.82) is 0 Å². The number of aryl methyl sites for hydroxylation is 1. The van der Waals surface area contributed by atoms with Crippen LogP contribution in [0.1, 0.15) is 25.5 Å². The predicted octanol–water partition coefficient (Wildman–Crippen LogP) is 2.29. The van der Waals surface area contributed by atoms with E-state index in [0.717, 1.165) is 18.8 Å². The number of anilines is 1. The zero-order chi connectivity index (χ0) is 16.2. The van der Waals surface area contributed by atoms with Gasteiger partial charge in [0.05, 0.1) is 11.7 Å². The number of amides is 1. The SMILES string of the molecule is Cc1csc(NC(=O)[C@@H](C)N2CCC(N3CCSCC3)CC2)n1. The fourth-order valence-electron chi connectivity index (χ4n) is 3.37. The van der Waals surface area contributed by atoms with Crippen molar-refractivity contribution >= 4 is 34.1 Å². The third kappa shape index (κ3) is 4.47. The van der Waals surface area contributed by atoms with Gasteiger partial charge in [0.2, 0.25) is 5.91 Å². The number of hydrogen-bond acceptors (Lipinski definition) is 6. The van der Waals surface area contributed by atoms with Gasteiger partial charge in [0.1, 0.15) is 0 Å². The van der Waals surface area contributed by atoms with Crippen LogP contribution in [0.2, 0.25) is 0 Å². The number of likely N-dealkylation sites (tertiary alicyclic amines) is 1. The first-order chi connectivity index (χ1) is 11.1. The van der Waals surface area contributed by atoms with Crippen molar-refractivity contribution in [2.45, 2.75) is 38.8 Å². The Morgan fingerprint density at radius 3 is 2.61 bits per heavy atom. The number of hydrogen-bond donors (Lipinski definition) is 1. The third-order valence-corrected chi connectivity index (χ3v) is 6.66. The van der Waals surface area contributed by atoms with Crippen LogP contribution < -0.4 is 5.32 Å². The normalized spacial score (nSPS) is 22.9. The lowest BCUT2D eigenvalue weighted by Crippen LogP contribution is -2.51. The van der Waals surface area contributed by atoms with E-state index in [9.17, 15) is 4.79 Å². The number of rotatable bonds is 4.